The molecular formula is C7H7BrN3O+. The van der Waals surface area contributed by atoms with Crippen LogP contribution in [0.15, 0.2) is 10.7 Å². The van der Waals surface area contributed by atoms with Crippen LogP contribution in [-0.2, 0) is 0 Å². The molecule has 0 saturated carbocycles. The predicted molar refractivity (Wildman–Crippen MR) is 48.0 cm³/mol. The van der Waals surface area contributed by atoms with Crippen LogP contribution in [0.4, 0.5) is 5.69 Å². The van der Waals surface area contributed by atoms with Crippen LogP contribution < -0.4 is 4.74 Å². The lowest BCUT2D eigenvalue weighted by atomic mass is 10.2. The summed E-state index contributed by atoms with van der Waals surface area (Å²) < 4.78 is 5.58. The Morgan fingerprint density at radius 3 is 2.83 bits per heavy atom. The van der Waals surface area contributed by atoms with Gasteiger partial charge in [-0.2, -0.15) is 0 Å². The highest BCUT2D eigenvalue weighted by Crippen LogP contribution is 2.32. The molecule has 0 saturated heterocycles. The van der Waals surface area contributed by atoms with E-state index in [-0.39, 0.29) is 0 Å². The number of aromatic nitrogens is 1. The lowest BCUT2D eigenvalue weighted by Crippen LogP contribution is -1.90. The molecule has 0 aromatic carbocycles. The number of rotatable bonds is 1. The molecule has 0 fully saturated rings. The maximum Gasteiger partial charge on any atom is 0.408 e. The van der Waals surface area contributed by atoms with Gasteiger partial charge in [0.1, 0.15) is 10.0 Å². The van der Waals surface area contributed by atoms with E-state index in [1.54, 1.807) is 6.92 Å². The monoisotopic (exact) mass is 228 g/mol. The average Bonchev–Trinajstić information content (AvgIpc) is 2.06. The van der Waals surface area contributed by atoms with Crippen molar-refractivity contribution in [2.24, 2.45) is 0 Å². The molecule has 0 aliphatic rings. The Bertz CT molecular complexity index is 345. The highest BCUT2D eigenvalue weighted by atomic mass is 79.9. The second-order valence-electron chi connectivity index (χ2n) is 2.19. The van der Waals surface area contributed by atoms with Crippen molar-refractivity contribution in [3.63, 3.8) is 0 Å². The molecule has 0 amide bonds. The molecule has 5 heteroatoms. The van der Waals surface area contributed by atoms with E-state index in [9.17, 15) is 0 Å². The van der Waals surface area contributed by atoms with Gasteiger partial charge in [0.05, 0.1) is 13.3 Å². The number of ether oxygens (including phenoxy) is 1. The number of diazo groups is 1. The summed E-state index contributed by atoms with van der Waals surface area (Å²) in [5.74, 6) is 0.464. The zero-order valence-electron chi connectivity index (χ0n) is 6.71. The number of nitrogens with zero attached hydrogens (tertiary/aromatic N) is 3. The van der Waals surface area contributed by atoms with Gasteiger partial charge in [0.2, 0.25) is 11.3 Å². The van der Waals surface area contributed by atoms with Crippen molar-refractivity contribution in [3.8, 4) is 5.88 Å². The number of methoxy groups -OCH3 is 1. The van der Waals surface area contributed by atoms with Gasteiger partial charge in [-0.15, -0.1) is 0 Å². The third-order valence-electron chi connectivity index (χ3n) is 1.49. The fourth-order valence-electron chi connectivity index (χ4n) is 0.882. The molecule has 62 valence electrons. The maximum absolute atomic E-state index is 8.63. The molecule has 1 heterocycles. The number of hydrogen-bond acceptors (Lipinski definition) is 3. The van der Waals surface area contributed by atoms with Crippen molar-refractivity contribution in [2.75, 3.05) is 7.11 Å². The van der Waals surface area contributed by atoms with Crippen molar-refractivity contribution < 1.29 is 4.74 Å². The van der Waals surface area contributed by atoms with Crippen LogP contribution in [0.3, 0.4) is 0 Å². The fraction of sp³-hybridized carbons (Fsp3) is 0.286. The first kappa shape index (κ1) is 8.94. The highest BCUT2D eigenvalue weighted by molar-refractivity contribution is 9.10. The predicted octanol–water partition coefficient (Wildman–Crippen LogP) is 2.65. The Hall–Kier alpha value is -1.15. The third-order valence-corrected chi connectivity index (χ3v) is 2.07. The van der Waals surface area contributed by atoms with Crippen LogP contribution in [0.5, 0.6) is 5.88 Å². The standard InChI is InChI=1S/C7H7BrN3O/c1-4-6(11-9)5(8)3-10-7(4)12-2/h3H,1-2H3/q+1. The molecule has 0 aliphatic carbocycles. The smallest absolute Gasteiger partial charge is 0.408 e. The SMILES string of the molecule is COc1ncc(Br)c([N+]#N)c1C. The molecule has 1 rings (SSSR count). The van der Waals surface area contributed by atoms with Crippen molar-refractivity contribution in [2.45, 2.75) is 6.92 Å². The summed E-state index contributed by atoms with van der Waals surface area (Å²) in [5, 5.41) is 8.63. The normalized spacial score (nSPS) is 9.17. The van der Waals surface area contributed by atoms with Gasteiger partial charge in [0.25, 0.3) is 0 Å². The minimum absolute atomic E-state index is 0.446. The number of pyridine rings is 1. The molecule has 0 unspecified atom stereocenters. The molecule has 0 N–H and O–H groups in total. The van der Waals surface area contributed by atoms with E-state index in [0.29, 0.717) is 21.6 Å². The summed E-state index contributed by atoms with van der Waals surface area (Å²) in [6.07, 6.45) is 1.53. The quantitative estimate of drug-likeness (QED) is 0.695. The Kier molecular flexibility index (Phi) is 2.61. The van der Waals surface area contributed by atoms with Gasteiger partial charge in [-0.05, 0) is 22.9 Å². The van der Waals surface area contributed by atoms with Crippen molar-refractivity contribution >= 4 is 21.6 Å². The number of hydrogen-bond donors (Lipinski definition) is 0. The summed E-state index contributed by atoms with van der Waals surface area (Å²) in [6.45, 7) is 1.77. The van der Waals surface area contributed by atoms with Crippen LogP contribution in [0.2, 0.25) is 0 Å². The van der Waals surface area contributed by atoms with Crippen molar-refractivity contribution in [1.82, 2.24) is 4.98 Å². The van der Waals surface area contributed by atoms with Gasteiger partial charge >= 0.3 is 5.69 Å². The summed E-state index contributed by atoms with van der Waals surface area (Å²) in [5.41, 5.74) is 1.15. The number of halogens is 1. The second-order valence-corrected chi connectivity index (χ2v) is 3.04. The molecule has 1 aromatic heterocycles. The second kappa shape index (κ2) is 3.50. The van der Waals surface area contributed by atoms with E-state index < -0.39 is 0 Å². The average molecular weight is 229 g/mol. The topological polar surface area (TPSA) is 50.3 Å². The summed E-state index contributed by atoms with van der Waals surface area (Å²) >= 11 is 3.20. The molecule has 0 atom stereocenters. The van der Waals surface area contributed by atoms with Crippen LogP contribution in [0.25, 0.3) is 4.98 Å². The van der Waals surface area contributed by atoms with Crippen molar-refractivity contribution in [3.05, 3.63) is 21.2 Å². The van der Waals surface area contributed by atoms with Crippen LogP contribution in [0, 0.1) is 12.3 Å². The van der Waals surface area contributed by atoms with Gasteiger partial charge in [0, 0.05) is 0 Å². The molecule has 0 spiro atoms. The third kappa shape index (κ3) is 1.38. The molecule has 4 nitrogen and oxygen atoms in total. The summed E-state index contributed by atoms with van der Waals surface area (Å²) in [4.78, 5) is 7.08. The van der Waals surface area contributed by atoms with E-state index in [4.69, 9.17) is 10.1 Å². The van der Waals surface area contributed by atoms with E-state index in [1.165, 1.54) is 13.3 Å². The van der Waals surface area contributed by atoms with Crippen LogP contribution >= 0.6 is 15.9 Å². The van der Waals surface area contributed by atoms with Gasteiger partial charge in [-0.25, -0.2) is 4.98 Å². The van der Waals surface area contributed by atoms with E-state index in [0.717, 1.165) is 0 Å². The maximum atomic E-state index is 8.63. The van der Waals surface area contributed by atoms with Gasteiger partial charge in [-0.3, -0.25) is 0 Å². The zero-order valence-corrected chi connectivity index (χ0v) is 8.29. The minimum Gasteiger partial charge on any atom is -0.481 e. The van der Waals surface area contributed by atoms with Crippen molar-refractivity contribution in [1.29, 1.82) is 5.39 Å². The first-order valence-electron chi connectivity index (χ1n) is 3.25. The van der Waals surface area contributed by atoms with E-state index in [2.05, 4.69) is 25.9 Å². The fourth-order valence-corrected chi connectivity index (χ4v) is 1.36. The Morgan fingerprint density at radius 1 is 1.67 bits per heavy atom. The Morgan fingerprint density at radius 2 is 2.33 bits per heavy atom. The first-order valence-corrected chi connectivity index (χ1v) is 4.04. The van der Waals surface area contributed by atoms with E-state index >= 15 is 0 Å². The van der Waals surface area contributed by atoms with Gasteiger partial charge < -0.3 is 4.74 Å². The van der Waals surface area contributed by atoms with Crippen LogP contribution in [-0.4, -0.2) is 12.1 Å². The molecular weight excluding hydrogens is 222 g/mol. The van der Waals surface area contributed by atoms with Gasteiger partial charge in [0.15, 0.2) is 4.98 Å². The highest BCUT2D eigenvalue weighted by Gasteiger charge is 2.20. The lowest BCUT2D eigenvalue weighted by molar-refractivity contribution is 0.395. The largest absolute Gasteiger partial charge is 0.481 e. The summed E-state index contributed by atoms with van der Waals surface area (Å²) in [6, 6.07) is 0. The van der Waals surface area contributed by atoms with Crippen LogP contribution in [0.1, 0.15) is 5.56 Å². The minimum atomic E-state index is 0.446. The first-order chi connectivity index (χ1) is 5.70. The molecule has 0 bridgehead atoms. The zero-order chi connectivity index (χ0) is 9.14. The lowest BCUT2D eigenvalue weighted by Gasteiger charge is -1.99. The Labute approximate surface area is 78.3 Å². The Balaban J connectivity index is 3.36. The molecule has 0 aliphatic heterocycles. The molecule has 12 heavy (non-hydrogen) atoms. The van der Waals surface area contributed by atoms with Gasteiger partial charge in [-0.1, -0.05) is 0 Å². The summed E-state index contributed by atoms with van der Waals surface area (Å²) in [7, 11) is 1.52. The van der Waals surface area contributed by atoms with E-state index in [1.807, 2.05) is 0 Å². The molecule has 0 radical (unpaired) electrons. The molecule has 1 aromatic rings.